The van der Waals surface area contributed by atoms with Crippen molar-refractivity contribution in [2.45, 2.75) is 32.5 Å². The Bertz CT molecular complexity index is 1410. The fourth-order valence-corrected chi connectivity index (χ4v) is 5.27. The molecule has 0 spiro atoms. The Hall–Kier alpha value is -3.59. The summed E-state index contributed by atoms with van der Waals surface area (Å²) >= 11 is 0. The van der Waals surface area contributed by atoms with Crippen molar-refractivity contribution in [3.8, 4) is 11.1 Å². The lowest BCUT2D eigenvalue weighted by molar-refractivity contribution is 0.0751. The molecule has 1 saturated heterocycles. The Kier molecular flexibility index (Phi) is 5.36. The van der Waals surface area contributed by atoms with E-state index in [0.29, 0.717) is 29.9 Å². The Morgan fingerprint density at radius 1 is 1.06 bits per heavy atom. The average molecular weight is 477 g/mol. The summed E-state index contributed by atoms with van der Waals surface area (Å²) in [6, 6.07) is 8.19. The van der Waals surface area contributed by atoms with E-state index in [-0.39, 0.29) is 18.0 Å². The standard InChI is InChI=1S/C26H26F2N6O/c1-31-15-20-19(5-4-6-24(20)30-31)17-11-22(27)21(23(28)12-17)16-33-14-18-13-29-34(25(18)26(33)35)10-9-32-7-2-3-8-32/h4-6,11-13,15H,2-3,7-10,14,16H2,1H3. The molecular weight excluding hydrogens is 450 g/mol. The van der Waals surface area contributed by atoms with Gasteiger partial charge in [-0.25, -0.2) is 8.78 Å². The van der Waals surface area contributed by atoms with Gasteiger partial charge in [-0.05, 0) is 55.3 Å². The van der Waals surface area contributed by atoms with Crippen molar-refractivity contribution in [3.63, 3.8) is 0 Å². The zero-order valence-electron chi connectivity index (χ0n) is 19.5. The summed E-state index contributed by atoms with van der Waals surface area (Å²) < 4.78 is 33.8. The molecule has 4 aromatic rings. The maximum atomic E-state index is 15.2. The fraction of sp³-hybridized carbons (Fsp3) is 0.346. The number of fused-ring (bicyclic) bond motifs is 2. The number of carbonyl (C=O) groups excluding carboxylic acids is 1. The predicted molar refractivity (Wildman–Crippen MR) is 128 cm³/mol. The van der Waals surface area contributed by atoms with Crippen molar-refractivity contribution in [1.82, 2.24) is 29.4 Å². The molecule has 2 aromatic heterocycles. The molecule has 0 bridgehead atoms. The minimum absolute atomic E-state index is 0.109. The molecule has 7 nitrogen and oxygen atoms in total. The largest absolute Gasteiger partial charge is 0.328 e. The SMILES string of the molecule is Cn1cc2c(-c3cc(F)c(CN4Cc5cnn(CCN6CCCC6)c5C4=O)c(F)c3)cccc2n1. The number of aromatic nitrogens is 4. The molecule has 6 rings (SSSR count). The van der Waals surface area contributed by atoms with Gasteiger partial charge >= 0.3 is 0 Å². The average Bonchev–Trinajstić information content (AvgIpc) is 3.60. The number of carbonyl (C=O) groups is 1. The maximum Gasteiger partial charge on any atom is 0.273 e. The van der Waals surface area contributed by atoms with Crippen LogP contribution in [0.5, 0.6) is 0 Å². The van der Waals surface area contributed by atoms with Crippen LogP contribution in [0.2, 0.25) is 0 Å². The van der Waals surface area contributed by atoms with Crippen molar-refractivity contribution >= 4 is 16.8 Å². The quantitative estimate of drug-likeness (QED) is 0.423. The van der Waals surface area contributed by atoms with Gasteiger partial charge in [0.25, 0.3) is 5.91 Å². The highest BCUT2D eigenvalue weighted by atomic mass is 19.1. The Labute approximate surface area is 201 Å². The molecule has 1 amide bonds. The van der Waals surface area contributed by atoms with Gasteiger partial charge in [0.1, 0.15) is 17.3 Å². The second-order valence-electron chi connectivity index (χ2n) is 9.41. The summed E-state index contributed by atoms with van der Waals surface area (Å²) in [7, 11) is 1.81. The van der Waals surface area contributed by atoms with Gasteiger partial charge in [0.05, 0.1) is 31.3 Å². The number of benzene rings is 2. The van der Waals surface area contributed by atoms with E-state index in [4.69, 9.17) is 0 Å². The van der Waals surface area contributed by atoms with E-state index in [1.54, 1.807) is 15.6 Å². The van der Waals surface area contributed by atoms with Crippen LogP contribution >= 0.6 is 0 Å². The lowest BCUT2D eigenvalue weighted by Crippen LogP contribution is -2.29. The molecule has 180 valence electrons. The highest BCUT2D eigenvalue weighted by molar-refractivity contribution is 5.97. The molecule has 0 saturated carbocycles. The third-order valence-electron chi connectivity index (χ3n) is 7.06. The molecule has 9 heteroatoms. The van der Waals surface area contributed by atoms with Gasteiger partial charge in [-0.2, -0.15) is 10.2 Å². The number of hydrogen-bond acceptors (Lipinski definition) is 4. The molecule has 2 aliphatic rings. The van der Waals surface area contributed by atoms with E-state index in [2.05, 4.69) is 15.1 Å². The summed E-state index contributed by atoms with van der Waals surface area (Å²) in [5, 5.41) is 9.58. The van der Waals surface area contributed by atoms with Crippen LogP contribution in [-0.2, 0) is 26.7 Å². The van der Waals surface area contributed by atoms with Crippen LogP contribution in [0.4, 0.5) is 8.78 Å². The molecule has 2 aromatic carbocycles. The van der Waals surface area contributed by atoms with Gasteiger partial charge in [0.2, 0.25) is 0 Å². The third kappa shape index (κ3) is 3.89. The maximum absolute atomic E-state index is 15.2. The van der Waals surface area contributed by atoms with Crippen LogP contribution in [0.3, 0.4) is 0 Å². The molecule has 0 N–H and O–H groups in total. The van der Waals surface area contributed by atoms with Gasteiger partial charge in [0, 0.05) is 36.3 Å². The molecule has 4 heterocycles. The summed E-state index contributed by atoms with van der Waals surface area (Å²) in [5.41, 5.74) is 3.14. The zero-order chi connectivity index (χ0) is 24.1. The monoisotopic (exact) mass is 476 g/mol. The van der Waals surface area contributed by atoms with Crippen molar-refractivity contribution in [3.05, 3.63) is 71.2 Å². The van der Waals surface area contributed by atoms with Crippen molar-refractivity contribution in [2.75, 3.05) is 19.6 Å². The second kappa shape index (κ2) is 8.57. The zero-order valence-corrected chi connectivity index (χ0v) is 19.5. The van der Waals surface area contributed by atoms with Gasteiger partial charge in [-0.15, -0.1) is 0 Å². The lowest BCUT2D eigenvalue weighted by atomic mass is 9.99. The van der Waals surface area contributed by atoms with Crippen LogP contribution in [0, 0.1) is 11.6 Å². The van der Waals surface area contributed by atoms with E-state index in [1.165, 1.54) is 29.9 Å². The second-order valence-corrected chi connectivity index (χ2v) is 9.41. The predicted octanol–water partition coefficient (Wildman–Crippen LogP) is 3.97. The number of amides is 1. The highest BCUT2D eigenvalue weighted by Crippen LogP contribution is 2.32. The highest BCUT2D eigenvalue weighted by Gasteiger charge is 2.33. The van der Waals surface area contributed by atoms with E-state index in [1.807, 2.05) is 31.4 Å². The van der Waals surface area contributed by atoms with Gasteiger partial charge in [-0.3, -0.25) is 14.2 Å². The summed E-state index contributed by atoms with van der Waals surface area (Å²) in [5.74, 6) is -1.57. The molecule has 0 radical (unpaired) electrons. The number of likely N-dealkylation sites (tertiary alicyclic amines) is 1. The molecule has 0 atom stereocenters. The minimum Gasteiger partial charge on any atom is -0.328 e. The van der Waals surface area contributed by atoms with E-state index >= 15 is 8.78 Å². The number of rotatable bonds is 6. The van der Waals surface area contributed by atoms with Crippen LogP contribution in [-0.4, -0.2) is 54.9 Å². The summed E-state index contributed by atoms with van der Waals surface area (Å²) in [6.07, 6.45) is 5.94. The number of hydrogen-bond donors (Lipinski definition) is 0. The summed E-state index contributed by atoms with van der Waals surface area (Å²) in [4.78, 5) is 17.0. The van der Waals surface area contributed by atoms with Gasteiger partial charge < -0.3 is 9.80 Å². The first kappa shape index (κ1) is 21.9. The Balaban J connectivity index is 1.23. The van der Waals surface area contributed by atoms with Crippen LogP contribution in [0.15, 0.2) is 42.7 Å². The van der Waals surface area contributed by atoms with E-state index < -0.39 is 11.6 Å². The number of aryl methyl sites for hydroxylation is 1. The number of nitrogens with zero attached hydrogens (tertiary/aromatic N) is 6. The van der Waals surface area contributed by atoms with E-state index in [9.17, 15) is 4.79 Å². The van der Waals surface area contributed by atoms with E-state index in [0.717, 1.165) is 36.1 Å². The summed E-state index contributed by atoms with van der Waals surface area (Å²) in [6.45, 7) is 3.80. The van der Waals surface area contributed by atoms with Crippen LogP contribution < -0.4 is 0 Å². The first-order chi connectivity index (χ1) is 17.0. The van der Waals surface area contributed by atoms with Gasteiger partial charge in [0.15, 0.2) is 0 Å². The number of halogens is 2. The molecule has 1 fully saturated rings. The first-order valence-electron chi connectivity index (χ1n) is 11.9. The van der Waals surface area contributed by atoms with Crippen LogP contribution in [0.25, 0.3) is 22.0 Å². The Morgan fingerprint density at radius 3 is 2.60 bits per heavy atom. The molecule has 0 unspecified atom stereocenters. The molecule has 2 aliphatic heterocycles. The molecule has 0 aliphatic carbocycles. The normalized spacial score (nSPS) is 16.1. The minimum atomic E-state index is -0.666. The van der Waals surface area contributed by atoms with Crippen molar-refractivity contribution < 1.29 is 13.6 Å². The third-order valence-corrected chi connectivity index (χ3v) is 7.06. The molecular formula is C26H26F2N6O. The van der Waals surface area contributed by atoms with Crippen LogP contribution in [0.1, 0.15) is 34.5 Å². The topological polar surface area (TPSA) is 59.2 Å². The molecule has 35 heavy (non-hydrogen) atoms. The van der Waals surface area contributed by atoms with Gasteiger partial charge in [-0.1, -0.05) is 12.1 Å². The van der Waals surface area contributed by atoms with Crippen molar-refractivity contribution in [1.29, 1.82) is 0 Å². The smallest absolute Gasteiger partial charge is 0.273 e. The fourth-order valence-electron chi connectivity index (χ4n) is 5.27. The Morgan fingerprint density at radius 2 is 1.83 bits per heavy atom. The first-order valence-corrected chi connectivity index (χ1v) is 11.9. The lowest BCUT2D eigenvalue weighted by Gasteiger charge is -2.19. The van der Waals surface area contributed by atoms with Crippen molar-refractivity contribution in [2.24, 2.45) is 7.05 Å².